The smallest absolute Gasteiger partial charge is 0.423 e. The summed E-state index contributed by atoms with van der Waals surface area (Å²) in [5, 5.41) is 21.5. The van der Waals surface area contributed by atoms with Gasteiger partial charge in [0.25, 0.3) is 5.91 Å². The number of hydrogen-bond donors (Lipinski definition) is 3. The number of carbonyl (C=O) groups excluding carboxylic acids is 2. The summed E-state index contributed by atoms with van der Waals surface area (Å²) in [4.78, 5) is 23.5. The first-order valence-electron chi connectivity index (χ1n) is 8.93. The minimum Gasteiger partial charge on any atom is -0.423 e. The molecule has 0 radical (unpaired) electrons. The molecule has 1 aromatic carbocycles. The first-order chi connectivity index (χ1) is 12.0. The van der Waals surface area contributed by atoms with Gasteiger partial charge in [-0.3, -0.25) is 9.59 Å². The zero-order valence-corrected chi connectivity index (χ0v) is 14.2. The van der Waals surface area contributed by atoms with E-state index in [2.05, 4.69) is 5.32 Å². The number of nitrogens with one attached hydrogen (secondary N) is 1. The van der Waals surface area contributed by atoms with Crippen LogP contribution in [0, 0.1) is 0 Å². The second-order valence-corrected chi connectivity index (χ2v) is 7.07. The van der Waals surface area contributed by atoms with Crippen LogP contribution in [0.1, 0.15) is 65.7 Å². The highest BCUT2D eigenvalue weighted by atomic mass is 16.5. The van der Waals surface area contributed by atoms with Crippen molar-refractivity contribution in [3.05, 3.63) is 29.3 Å². The van der Waals surface area contributed by atoms with Crippen LogP contribution in [-0.4, -0.2) is 47.6 Å². The van der Waals surface area contributed by atoms with E-state index in [0.717, 1.165) is 45.1 Å². The van der Waals surface area contributed by atoms with E-state index in [1.165, 1.54) is 24.6 Å². The van der Waals surface area contributed by atoms with Gasteiger partial charge in [0, 0.05) is 23.8 Å². The molecule has 1 spiro atoms. The lowest BCUT2D eigenvalue weighted by atomic mass is 9.76. The Bertz CT molecular complexity index is 632. The van der Waals surface area contributed by atoms with E-state index in [1.54, 1.807) is 0 Å². The highest BCUT2D eigenvalue weighted by Crippen LogP contribution is 2.38. The number of carbonyl (C=O) groups is 2. The van der Waals surface area contributed by atoms with Crippen LogP contribution in [0.25, 0.3) is 0 Å². The maximum absolute atomic E-state index is 12.4. The molecule has 3 N–H and O–H groups in total. The normalized spacial score (nSPS) is 26.2. The summed E-state index contributed by atoms with van der Waals surface area (Å²) in [6.07, 6.45) is 7.70. The summed E-state index contributed by atoms with van der Waals surface area (Å²) in [5.74, 6) is -0.243. The standard InChI is InChI=1S/C18H24BNO5/c21-12-14-11-13(3-4-16(14)19(23)24)17(22)20-15-5-8-18(9-6-15)7-1-2-10-25-18/h3-4,11-12,15,23-24H,1-2,5-10H2,(H,20,22). The minimum absolute atomic E-state index is 0.0169. The van der Waals surface area contributed by atoms with Crippen molar-refractivity contribution in [1.29, 1.82) is 0 Å². The van der Waals surface area contributed by atoms with Crippen molar-refractivity contribution in [2.75, 3.05) is 6.61 Å². The molecule has 1 amide bonds. The molecule has 134 valence electrons. The van der Waals surface area contributed by atoms with Crippen molar-refractivity contribution < 1.29 is 24.4 Å². The van der Waals surface area contributed by atoms with Gasteiger partial charge in [-0.25, -0.2) is 0 Å². The molecule has 1 aromatic rings. The Morgan fingerprint density at radius 2 is 2.00 bits per heavy atom. The van der Waals surface area contributed by atoms with Crippen LogP contribution in [0.2, 0.25) is 0 Å². The Balaban J connectivity index is 1.60. The van der Waals surface area contributed by atoms with Crippen molar-refractivity contribution in [3.8, 4) is 0 Å². The van der Waals surface area contributed by atoms with Gasteiger partial charge in [-0.15, -0.1) is 0 Å². The van der Waals surface area contributed by atoms with E-state index in [1.807, 2.05) is 0 Å². The molecule has 25 heavy (non-hydrogen) atoms. The number of ether oxygens (including phenoxy) is 1. The largest absolute Gasteiger partial charge is 0.489 e. The Morgan fingerprint density at radius 3 is 2.60 bits per heavy atom. The molecule has 2 aliphatic rings. The van der Waals surface area contributed by atoms with Gasteiger partial charge in [-0.2, -0.15) is 0 Å². The number of amides is 1. The number of benzene rings is 1. The van der Waals surface area contributed by atoms with E-state index < -0.39 is 7.12 Å². The minimum atomic E-state index is -1.73. The fourth-order valence-electron chi connectivity index (χ4n) is 3.91. The Hall–Kier alpha value is -1.70. The van der Waals surface area contributed by atoms with E-state index in [4.69, 9.17) is 4.74 Å². The third kappa shape index (κ3) is 4.11. The maximum Gasteiger partial charge on any atom is 0.489 e. The van der Waals surface area contributed by atoms with Crippen molar-refractivity contribution in [3.63, 3.8) is 0 Å². The Morgan fingerprint density at radius 1 is 1.24 bits per heavy atom. The molecule has 1 saturated carbocycles. The summed E-state index contributed by atoms with van der Waals surface area (Å²) in [7, 11) is -1.73. The molecule has 0 unspecified atom stereocenters. The molecule has 1 saturated heterocycles. The zero-order valence-electron chi connectivity index (χ0n) is 14.2. The Kier molecular flexibility index (Phi) is 5.56. The van der Waals surface area contributed by atoms with Gasteiger partial charge in [-0.1, -0.05) is 6.07 Å². The average molecular weight is 345 g/mol. The van der Waals surface area contributed by atoms with Gasteiger partial charge in [0.05, 0.1) is 5.60 Å². The van der Waals surface area contributed by atoms with Crippen LogP contribution in [0.5, 0.6) is 0 Å². The molecular weight excluding hydrogens is 321 g/mol. The molecule has 1 aliphatic carbocycles. The lowest BCUT2D eigenvalue weighted by Crippen LogP contribution is -2.46. The average Bonchev–Trinajstić information content (AvgIpc) is 2.64. The highest BCUT2D eigenvalue weighted by Gasteiger charge is 2.37. The third-order valence-electron chi connectivity index (χ3n) is 5.42. The molecule has 7 heteroatoms. The van der Waals surface area contributed by atoms with Crippen molar-refractivity contribution in [2.45, 2.75) is 56.6 Å². The van der Waals surface area contributed by atoms with E-state index in [0.29, 0.717) is 11.8 Å². The molecule has 2 fully saturated rings. The summed E-state index contributed by atoms with van der Waals surface area (Å²) >= 11 is 0. The maximum atomic E-state index is 12.4. The summed E-state index contributed by atoms with van der Waals surface area (Å²) in [6.45, 7) is 0.842. The molecule has 1 aliphatic heterocycles. The zero-order chi connectivity index (χ0) is 17.9. The number of hydrogen-bond acceptors (Lipinski definition) is 5. The summed E-state index contributed by atoms with van der Waals surface area (Å²) < 4.78 is 6.01. The fourth-order valence-corrected chi connectivity index (χ4v) is 3.91. The van der Waals surface area contributed by atoms with Crippen LogP contribution in [-0.2, 0) is 4.74 Å². The van der Waals surface area contributed by atoms with Gasteiger partial charge in [0.15, 0.2) is 0 Å². The van der Waals surface area contributed by atoms with Gasteiger partial charge in [0.1, 0.15) is 6.29 Å². The monoisotopic (exact) mass is 345 g/mol. The number of rotatable bonds is 4. The Labute approximate surface area is 147 Å². The molecule has 0 aromatic heterocycles. The van der Waals surface area contributed by atoms with Crippen molar-refractivity contribution in [2.24, 2.45) is 0 Å². The number of aldehydes is 1. The second-order valence-electron chi connectivity index (χ2n) is 7.07. The molecule has 0 bridgehead atoms. The van der Waals surface area contributed by atoms with Crippen LogP contribution >= 0.6 is 0 Å². The van der Waals surface area contributed by atoms with Gasteiger partial charge in [0.2, 0.25) is 0 Å². The van der Waals surface area contributed by atoms with Crippen LogP contribution < -0.4 is 10.8 Å². The van der Waals surface area contributed by atoms with Gasteiger partial charge >= 0.3 is 7.12 Å². The molecule has 0 atom stereocenters. The van der Waals surface area contributed by atoms with Gasteiger partial charge in [-0.05, 0) is 62.5 Å². The second kappa shape index (κ2) is 7.68. The van der Waals surface area contributed by atoms with Crippen molar-refractivity contribution >= 4 is 24.8 Å². The topological polar surface area (TPSA) is 95.9 Å². The van der Waals surface area contributed by atoms with E-state index in [9.17, 15) is 19.6 Å². The molecular formula is C18H24BNO5. The van der Waals surface area contributed by atoms with Crippen LogP contribution in [0.3, 0.4) is 0 Å². The predicted octanol–water partition coefficient (Wildman–Crippen LogP) is 0.791. The molecule has 1 heterocycles. The van der Waals surface area contributed by atoms with Crippen LogP contribution in [0.15, 0.2) is 18.2 Å². The summed E-state index contributed by atoms with van der Waals surface area (Å²) in [5.41, 5.74) is 0.574. The third-order valence-corrected chi connectivity index (χ3v) is 5.42. The summed E-state index contributed by atoms with van der Waals surface area (Å²) in [6, 6.07) is 4.40. The lowest BCUT2D eigenvalue weighted by molar-refractivity contribution is -0.103. The molecule has 3 rings (SSSR count). The first-order valence-corrected chi connectivity index (χ1v) is 8.93. The van der Waals surface area contributed by atoms with E-state index in [-0.39, 0.29) is 28.6 Å². The highest BCUT2D eigenvalue weighted by molar-refractivity contribution is 6.60. The fraction of sp³-hybridized carbons (Fsp3) is 0.556. The van der Waals surface area contributed by atoms with Crippen molar-refractivity contribution in [1.82, 2.24) is 5.32 Å². The van der Waals surface area contributed by atoms with Gasteiger partial charge < -0.3 is 20.1 Å². The first kappa shape index (κ1) is 18.1. The van der Waals surface area contributed by atoms with Crippen LogP contribution in [0.4, 0.5) is 0 Å². The lowest BCUT2D eigenvalue weighted by Gasteiger charge is -2.42. The van der Waals surface area contributed by atoms with E-state index >= 15 is 0 Å². The SMILES string of the molecule is O=Cc1cc(C(=O)NC2CCC3(CCCCO3)CC2)ccc1B(O)O. The molecule has 6 nitrogen and oxygen atoms in total. The quantitative estimate of drug-likeness (QED) is 0.554. The predicted molar refractivity (Wildman–Crippen MR) is 93.9 cm³/mol.